The third kappa shape index (κ3) is 4.72. The summed E-state index contributed by atoms with van der Waals surface area (Å²) in [6, 6.07) is 12.0. The summed E-state index contributed by atoms with van der Waals surface area (Å²) in [6.45, 7) is 4.08. The van der Waals surface area contributed by atoms with Crippen molar-refractivity contribution in [3.05, 3.63) is 56.5 Å². The molecule has 1 saturated carbocycles. The predicted octanol–water partition coefficient (Wildman–Crippen LogP) is 5.65. The maximum Gasteiger partial charge on any atom is 0.138 e. The van der Waals surface area contributed by atoms with E-state index < -0.39 is 0 Å². The molecule has 1 aliphatic rings. The van der Waals surface area contributed by atoms with E-state index in [1.807, 2.05) is 37.3 Å². The van der Waals surface area contributed by atoms with Crippen LogP contribution in [-0.4, -0.2) is 12.8 Å². The highest BCUT2D eigenvalue weighted by atomic mass is 79.9. The lowest BCUT2D eigenvalue weighted by molar-refractivity contribution is 0.104. The van der Waals surface area contributed by atoms with Crippen LogP contribution < -0.4 is 11.1 Å². The quantitative estimate of drug-likeness (QED) is 0.478. The van der Waals surface area contributed by atoms with E-state index in [-0.39, 0.29) is 5.72 Å². The van der Waals surface area contributed by atoms with E-state index in [9.17, 15) is 0 Å². The molecular weight excluding hydrogens is 420 g/mol. The van der Waals surface area contributed by atoms with E-state index in [1.165, 1.54) is 5.56 Å². The van der Waals surface area contributed by atoms with Crippen molar-refractivity contribution in [3.63, 3.8) is 0 Å². The topological polar surface area (TPSA) is 47.3 Å². The van der Waals surface area contributed by atoms with Crippen molar-refractivity contribution >= 4 is 43.2 Å². The van der Waals surface area contributed by atoms with Crippen molar-refractivity contribution in [2.75, 3.05) is 18.2 Å². The SMILES string of the molecule is COC1(Nc2cccc(Br)c2C)CC1.Cc1c(N)cccc1Br. The first kappa shape index (κ1) is 18.3. The second-order valence-corrected chi connectivity index (χ2v) is 7.40. The largest absolute Gasteiger partial charge is 0.398 e. The van der Waals surface area contributed by atoms with Crippen LogP contribution in [0.1, 0.15) is 24.0 Å². The van der Waals surface area contributed by atoms with E-state index >= 15 is 0 Å². The fourth-order valence-corrected chi connectivity index (χ4v) is 2.85. The third-order valence-corrected chi connectivity index (χ3v) is 5.75. The summed E-state index contributed by atoms with van der Waals surface area (Å²) in [4.78, 5) is 0. The number of nitrogens with two attached hydrogens (primary N) is 1. The average Bonchev–Trinajstić information content (AvgIpc) is 3.30. The number of methoxy groups -OCH3 is 1. The van der Waals surface area contributed by atoms with Gasteiger partial charge < -0.3 is 15.8 Å². The van der Waals surface area contributed by atoms with Gasteiger partial charge in [-0.3, -0.25) is 0 Å². The van der Waals surface area contributed by atoms with E-state index in [0.29, 0.717) is 0 Å². The van der Waals surface area contributed by atoms with Crippen molar-refractivity contribution in [2.45, 2.75) is 32.4 Å². The summed E-state index contributed by atoms with van der Waals surface area (Å²) < 4.78 is 7.63. The molecule has 0 atom stereocenters. The lowest BCUT2D eigenvalue weighted by Crippen LogP contribution is -2.23. The zero-order valence-electron chi connectivity index (χ0n) is 13.6. The molecule has 5 heteroatoms. The van der Waals surface area contributed by atoms with Gasteiger partial charge in [0, 0.05) is 27.4 Å². The summed E-state index contributed by atoms with van der Waals surface area (Å²) in [7, 11) is 1.76. The second kappa shape index (κ2) is 7.69. The highest BCUT2D eigenvalue weighted by Gasteiger charge is 2.43. The molecule has 1 aliphatic carbocycles. The molecule has 2 aromatic rings. The van der Waals surface area contributed by atoms with Crippen molar-refractivity contribution < 1.29 is 4.74 Å². The van der Waals surface area contributed by atoms with Gasteiger partial charge in [0.2, 0.25) is 0 Å². The fourth-order valence-electron chi connectivity index (χ4n) is 2.11. The summed E-state index contributed by atoms with van der Waals surface area (Å²) in [5.74, 6) is 0. The Bertz CT molecular complexity index is 664. The molecule has 3 rings (SSSR count). The number of nitrogen functional groups attached to an aromatic ring is 1. The molecule has 0 radical (unpaired) electrons. The molecule has 0 heterocycles. The maximum absolute atomic E-state index is 5.59. The minimum Gasteiger partial charge on any atom is -0.398 e. The molecule has 2 aromatic carbocycles. The molecule has 0 amide bonds. The van der Waals surface area contributed by atoms with Crippen LogP contribution in [0.3, 0.4) is 0 Å². The Morgan fingerprint density at radius 3 is 2.04 bits per heavy atom. The predicted molar refractivity (Wildman–Crippen MR) is 105 cm³/mol. The fraction of sp³-hybridized carbons (Fsp3) is 0.333. The van der Waals surface area contributed by atoms with Crippen LogP contribution in [0.15, 0.2) is 45.3 Å². The summed E-state index contributed by atoms with van der Waals surface area (Å²) in [5.41, 5.74) is 9.83. The standard InChI is InChI=1S/C11H14BrNO.C7H8BrN/c1-8-9(12)4-3-5-10(8)13-11(14-2)6-7-11;1-5-6(8)3-2-4-7(5)9/h3-5,13H,6-7H2,1-2H3;2-4H,9H2,1H3. The van der Waals surface area contributed by atoms with Gasteiger partial charge >= 0.3 is 0 Å². The summed E-state index contributed by atoms with van der Waals surface area (Å²) in [6.07, 6.45) is 2.19. The van der Waals surface area contributed by atoms with Crippen LogP contribution in [0.4, 0.5) is 11.4 Å². The van der Waals surface area contributed by atoms with Gasteiger partial charge in [0.1, 0.15) is 5.72 Å². The molecule has 0 unspecified atom stereocenters. The van der Waals surface area contributed by atoms with Gasteiger partial charge in [0.05, 0.1) is 0 Å². The minimum atomic E-state index is -0.0917. The van der Waals surface area contributed by atoms with Crippen LogP contribution >= 0.6 is 31.9 Å². The van der Waals surface area contributed by atoms with Crippen LogP contribution in [0, 0.1) is 13.8 Å². The Morgan fingerprint density at radius 2 is 1.57 bits per heavy atom. The van der Waals surface area contributed by atoms with Crippen molar-refractivity contribution in [1.29, 1.82) is 0 Å². The Labute approximate surface area is 154 Å². The van der Waals surface area contributed by atoms with Crippen LogP contribution in [0.5, 0.6) is 0 Å². The van der Waals surface area contributed by atoms with Gasteiger partial charge in [-0.2, -0.15) is 0 Å². The zero-order valence-corrected chi connectivity index (χ0v) is 16.8. The lowest BCUT2D eigenvalue weighted by Gasteiger charge is -2.19. The van der Waals surface area contributed by atoms with Crippen LogP contribution in [0.25, 0.3) is 0 Å². The zero-order chi connectivity index (χ0) is 17.0. The molecule has 3 nitrogen and oxygen atoms in total. The van der Waals surface area contributed by atoms with Crippen LogP contribution in [0.2, 0.25) is 0 Å². The Morgan fingerprint density at radius 1 is 1.00 bits per heavy atom. The lowest BCUT2D eigenvalue weighted by atomic mass is 10.2. The molecule has 124 valence electrons. The second-order valence-electron chi connectivity index (χ2n) is 5.69. The van der Waals surface area contributed by atoms with Gasteiger partial charge in [-0.25, -0.2) is 0 Å². The molecule has 0 spiro atoms. The molecule has 0 bridgehead atoms. The molecule has 0 saturated heterocycles. The number of hydrogen-bond donors (Lipinski definition) is 2. The Balaban J connectivity index is 0.000000185. The van der Waals surface area contributed by atoms with Crippen molar-refractivity contribution in [2.24, 2.45) is 0 Å². The first-order chi connectivity index (χ1) is 10.9. The minimum absolute atomic E-state index is 0.0917. The summed E-state index contributed by atoms with van der Waals surface area (Å²) in [5, 5.41) is 3.44. The Hall–Kier alpha value is -1.04. The molecular formula is C18H22Br2N2O. The number of hydrogen-bond acceptors (Lipinski definition) is 3. The normalized spacial score (nSPS) is 14.7. The van der Waals surface area contributed by atoms with E-state index in [4.69, 9.17) is 10.5 Å². The first-order valence-corrected chi connectivity index (χ1v) is 9.06. The van der Waals surface area contributed by atoms with E-state index in [1.54, 1.807) is 7.11 Å². The number of anilines is 2. The highest BCUT2D eigenvalue weighted by Crippen LogP contribution is 2.40. The van der Waals surface area contributed by atoms with Gasteiger partial charge in [-0.1, -0.05) is 44.0 Å². The van der Waals surface area contributed by atoms with Gasteiger partial charge in [0.15, 0.2) is 0 Å². The number of nitrogens with one attached hydrogen (secondary N) is 1. The highest BCUT2D eigenvalue weighted by molar-refractivity contribution is 9.10. The number of ether oxygens (including phenoxy) is 1. The molecule has 3 N–H and O–H groups in total. The average molecular weight is 442 g/mol. The Kier molecular flexibility index (Phi) is 6.12. The molecule has 0 aromatic heterocycles. The monoisotopic (exact) mass is 440 g/mol. The summed E-state index contributed by atoms with van der Waals surface area (Å²) >= 11 is 6.88. The number of rotatable bonds is 3. The van der Waals surface area contributed by atoms with E-state index in [0.717, 1.165) is 38.7 Å². The molecule has 0 aliphatic heterocycles. The third-order valence-electron chi connectivity index (χ3n) is 4.03. The van der Waals surface area contributed by atoms with Crippen LogP contribution in [-0.2, 0) is 4.74 Å². The smallest absolute Gasteiger partial charge is 0.138 e. The van der Waals surface area contributed by atoms with Crippen molar-refractivity contribution in [1.82, 2.24) is 0 Å². The first-order valence-electron chi connectivity index (χ1n) is 7.47. The van der Waals surface area contributed by atoms with Crippen molar-refractivity contribution in [3.8, 4) is 0 Å². The number of benzene rings is 2. The molecule has 1 fully saturated rings. The van der Waals surface area contributed by atoms with Gasteiger partial charge in [-0.05, 0) is 62.1 Å². The van der Waals surface area contributed by atoms with Gasteiger partial charge in [-0.15, -0.1) is 0 Å². The van der Waals surface area contributed by atoms with Gasteiger partial charge in [0.25, 0.3) is 0 Å². The van der Waals surface area contributed by atoms with E-state index in [2.05, 4.69) is 50.2 Å². The number of halogens is 2. The molecule has 23 heavy (non-hydrogen) atoms. The maximum atomic E-state index is 5.59.